The number of aliphatic imine (C=N–C) groups is 1. The Labute approximate surface area is 192 Å². The number of alkyl halides is 3. The molecule has 10 heteroatoms. The molecule has 6 nitrogen and oxygen atoms in total. The second-order valence-electron chi connectivity index (χ2n) is 6.53. The minimum absolute atomic E-state index is 0. The molecule has 0 saturated heterocycles. The summed E-state index contributed by atoms with van der Waals surface area (Å²) < 4.78 is 49.2. The Balaban J connectivity index is 0.00000450. The summed E-state index contributed by atoms with van der Waals surface area (Å²) in [5.41, 5.74) is 1.94. The average Bonchev–Trinajstić information content (AvgIpc) is 3.07. The molecular weight excluding hydrogens is 512 g/mol. The summed E-state index contributed by atoms with van der Waals surface area (Å²) in [5.74, 6) is 1.01. The minimum atomic E-state index is -4.41. The number of aromatic nitrogens is 1. The van der Waals surface area contributed by atoms with Gasteiger partial charge in [-0.15, -0.1) is 24.0 Å². The monoisotopic (exact) mass is 540 g/mol. The highest BCUT2D eigenvalue weighted by atomic mass is 127. The zero-order valence-electron chi connectivity index (χ0n) is 17.5. The van der Waals surface area contributed by atoms with Gasteiger partial charge in [0.15, 0.2) is 24.1 Å². The number of aryl methyl sites for hydroxylation is 1. The molecule has 0 aliphatic carbocycles. The maximum atomic E-state index is 12.4. The molecule has 1 aromatic carbocycles. The normalized spacial score (nSPS) is 11.6. The Morgan fingerprint density at radius 3 is 2.53 bits per heavy atom. The summed E-state index contributed by atoms with van der Waals surface area (Å²) in [4.78, 5) is 6.64. The minimum Gasteiger partial charge on any atom is -0.493 e. The zero-order valence-corrected chi connectivity index (χ0v) is 19.8. The van der Waals surface area contributed by atoms with E-state index in [4.69, 9.17) is 9.47 Å². The van der Waals surface area contributed by atoms with E-state index in [0.29, 0.717) is 19.6 Å². The van der Waals surface area contributed by atoms with Crippen molar-refractivity contribution in [2.45, 2.75) is 26.2 Å². The van der Waals surface area contributed by atoms with Crippen molar-refractivity contribution in [2.24, 2.45) is 12.0 Å². The van der Waals surface area contributed by atoms with E-state index in [1.165, 1.54) is 13.2 Å². The van der Waals surface area contributed by atoms with Crippen LogP contribution in [-0.4, -0.2) is 48.9 Å². The van der Waals surface area contributed by atoms with E-state index in [0.717, 1.165) is 17.2 Å². The summed E-state index contributed by atoms with van der Waals surface area (Å²) in [5, 5.41) is 3.25. The number of benzene rings is 1. The number of nitrogens with one attached hydrogen (secondary N) is 1. The lowest BCUT2D eigenvalue weighted by Crippen LogP contribution is -2.38. The fourth-order valence-corrected chi connectivity index (χ4v) is 2.70. The highest BCUT2D eigenvalue weighted by Crippen LogP contribution is 2.30. The van der Waals surface area contributed by atoms with Crippen LogP contribution >= 0.6 is 24.0 Å². The molecular formula is C20H28F3IN4O2. The number of hydrogen-bond donors (Lipinski definition) is 1. The van der Waals surface area contributed by atoms with Crippen LogP contribution < -0.4 is 14.8 Å². The van der Waals surface area contributed by atoms with Gasteiger partial charge < -0.3 is 24.3 Å². The van der Waals surface area contributed by atoms with Gasteiger partial charge in [0, 0.05) is 32.5 Å². The number of halogens is 4. The van der Waals surface area contributed by atoms with E-state index in [-0.39, 0.29) is 35.5 Å². The number of ether oxygens (including phenoxy) is 2. The molecule has 30 heavy (non-hydrogen) atoms. The Bertz CT molecular complexity index is 825. The largest absolute Gasteiger partial charge is 0.493 e. The van der Waals surface area contributed by atoms with Gasteiger partial charge in [-0.2, -0.15) is 13.2 Å². The van der Waals surface area contributed by atoms with Gasteiger partial charge in [-0.25, -0.2) is 4.99 Å². The number of rotatable bonds is 8. The summed E-state index contributed by atoms with van der Waals surface area (Å²) in [6, 6.07) is 8.82. The van der Waals surface area contributed by atoms with Gasteiger partial charge in [0.2, 0.25) is 0 Å². The lowest BCUT2D eigenvalue weighted by atomic mass is 10.2. The number of nitrogens with zero attached hydrogens (tertiary/aromatic N) is 3. The maximum absolute atomic E-state index is 12.4. The Kier molecular flexibility index (Phi) is 10.3. The summed E-state index contributed by atoms with van der Waals surface area (Å²) in [6.45, 7) is 2.36. The number of guanidine groups is 1. The highest BCUT2D eigenvalue weighted by Gasteiger charge is 2.29. The van der Waals surface area contributed by atoms with E-state index in [1.807, 2.05) is 48.8 Å². The predicted molar refractivity (Wildman–Crippen MR) is 122 cm³/mol. The topological polar surface area (TPSA) is 51.0 Å². The van der Waals surface area contributed by atoms with Crippen LogP contribution in [0.15, 0.2) is 41.5 Å². The fraction of sp³-hybridized carbons (Fsp3) is 0.450. The third kappa shape index (κ3) is 7.96. The smallest absolute Gasteiger partial charge is 0.422 e. The molecule has 0 unspecified atom stereocenters. The van der Waals surface area contributed by atoms with Gasteiger partial charge >= 0.3 is 6.18 Å². The molecule has 0 fully saturated rings. The molecule has 0 spiro atoms. The Morgan fingerprint density at radius 1 is 1.23 bits per heavy atom. The molecule has 0 aliphatic rings. The molecule has 1 aromatic heterocycles. The van der Waals surface area contributed by atoms with Crippen molar-refractivity contribution in [3.63, 3.8) is 0 Å². The molecule has 0 saturated carbocycles. The van der Waals surface area contributed by atoms with Crippen LogP contribution in [0.2, 0.25) is 0 Å². The van der Waals surface area contributed by atoms with Crippen LogP contribution in [0, 0.1) is 0 Å². The number of methoxy groups -OCH3 is 1. The van der Waals surface area contributed by atoms with Crippen molar-refractivity contribution in [1.82, 2.24) is 14.8 Å². The van der Waals surface area contributed by atoms with Gasteiger partial charge in [0.05, 0.1) is 20.2 Å². The second-order valence-corrected chi connectivity index (χ2v) is 6.53. The van der Waals surface area contributed by atoms with Crippen LogP contribution in [0.3, 0.4) is 0 Å². The first kappa shape index (κ1) is 25.9. The fourth-order valence-electron chi connectivity index (χ4n) is 2.70. The zero-order chi connectivity index (χ0) is 21.4. The van der Waals surface area contributed by atoms with Crippen molar-refractivity contribution in [3.8, 4) is 11.5 Å². The van der Waals surface area contributed by atoms with Crippen molar-refractivity contribution < 1.29 is 22.6 Å². The molecule has 0 amide bonds. The van der Waals surface area contributed by atoms with E-state index in [1.54, 1.807) is 12.1 Å². The summed E-state index contributed by atoms with van der Waals surface area (Å²) in [6.07, 6.45) is -2.42. The molecule has 2 rings (SSSR count). The van der Waals surface area contributed by atoms with Gasteiger partial charge in [-0.05, 0) is 36.8 Å². The lowest BCUT2D eigenvalue weighted by Gasteiger charge is -2.22. The van der Waals surface area contributed by atoms with Crippen LogP contribution in [0.1, 0.15) is 18.2 Å². The molecule has 0 atom stereocenters. The summed E-state index contributed by atoms with van der Waals surface area (Å²) >= 11 is 0. The first-order chi connectivity index (χ1) is 13.7. The quantitative estimate of drug-likeness (QED) is 0.310. The molecule has 0 radical (unpaired) electrons. The molecule has 2 aromatic rings. The van der Waals surface area contributed by atoms with Crippen molar-refractivity contribution in [3.05, 3.63) is 47.8 Å². The Morgan fingerprint density at radius 2 is 1.97 bits per heavy atom. The molecule has 168 valence electrons. The lowest BCUT2D eigenvalue weighted by molar-refractivity contribution is -0.153. The standard InChI is InChI=1S/C20H27F3N4O2.HI/c1-5-24-19(27(3)13-16-7-6-10-26(16)2)25-12-15-8-9-17(18(11-15)28-4)29-14-20(21,22)23;/h6-11H,5,12-14H2,1-4H3,(H,24,25);1H. The molecule has 0 aliphatic heterocycles. The third-order valence-corrected chi connectivity index (χ3v) is 4.18. The highest BCUT2D eigenvalue weighted by molar-refractivity contribution is 14.0. The van der Waals surface area contributed by atoms with Crippen molar-refractivity contribution >= 4 is 29.9 Å². The van der Waals surface area contributed by atoms with Gasteiger partial charge in [0.25, 0.3) is 0 Å². The molecule has 0 bridgehead atoms. The molecule has 1 N–H and O–H groups in total. The van der Waals surface area contributed by atoms with Crippen molar-refractivity contribution in [2.75, 3.05) is 27.3 Å². The summed E-state index contributed by atoms with van der Waals surface area (Å²) in [7, 11) is 5.33. The third-order valence-electron chi connectivity index (χ3n) is 4.18. The SMILES string of the molecule is CCNC(=NCc1ccc(OCC(F)(F)F)c(OC)c1)N(C)Cc1cccn1C.I. The Hall–Kier alpha value is -2.11. The van der Waals surface area contributed by atoms with Crippen LogP contribution in [0.25, 0.3) is 0 Å². The van der Waals surface area contributed by atoms with E-state index < -0.39 is 12.8 Å². The van der Waals surface area contributed by atoms with Crippen LogP contribution in [0.4, 0.5) is 13.2 Å². The van der Waals surface area contributed by atoms with Gasteiger partial charge in [0.1, 0.15) is 0 Å². The van der Waals surface area contributed by atoms with Gasteiger partial charge in [-0.3, -0.25) is 0 Å². The predicted octanol–water partition coefficient (Wildman–Crippen LogP) is 4.19. The second kappa shape index (κ2) is 11.9. The number of hydrogen-bond acceptors (Lipinski definition) is 3. The van der Waals surface area contributed by atoms with Crippen LogP contribution in [-0.2, 0) is 20.1 Å². The van der Waals surface area contributed by atoms with Crippen LogP contribution in [0.5, 0.6) is 11.5 Å². The van der Waals surface area contributed by atoms with E-state index in [9.17, 15) is 13.2 Å². The molecule has 1 heterocycles. The van der Waals surface area contributed by atoms with Gasteiger partial charge in [-0.1, -0.05) is 6.07 Å². The maximum Gasteiger partial charge on any atom is 0.422 e. The van der Waals surface area contributed by atoms with E-state index >= 15 is 0 Å². The van der Waals surface area contributed by atoms with E-state index in [2.05, 4.69) is 10.3 Å². The average molecular weight is 540 g/mol. The van der Waals surface area contributed by atoms with Crippen molar-refractivity contribution in [1.29, 1.82) is 0 Å². The first-order valence-corrected chi connectivity index (χ1v) is 9.19. The first-order valence-electron chi connectivity index (χ1n) is 9.19.